The van der Waals surface area contributed by atoms with E-state index >= 15 is 0 Å². The number of benzene rings is 2. The minimum Gasteiger partial charge on any atom is -0.454 e. The number of nitrogens with zero attached hydrogens (tertiary/aromatic N) is 1. The maximum atomic E-state index is 12.3. The van der Waals surface area contributed by atoms with E-state index in [0.29, 0.717) is 5.56 Å². The van der Waals surface area contributed by atoms with Gasteiger partial charge in [0.05, 0.1) is 10.5 Å². The molecule has 0 unspecified atom stereocenters. The molecule has 5 nitrogen and oxygen atoms in total. The molecular formula is C18H19NO4S. The van der Waals surface area contributed by atoms with Crippen molar-refractivity contribution in [3.05, 3.63) is 65.2 Å². The SMILES string of the molecule is CN(C)S(=O)(=O)c1ccc(C(=O)O[C@H]2CCc3ccccc32)cc1. The van der Waals surface area contributed by atoms with Gasteiger partial charge in [-0.3, -0.25) is 0 Å². The fourth-order valence-corrected chi connectivity index (χ4v) is 3.71. The highest BCUT2D eigenvalue weighted by molar-refractivity contribution is 7.89. The van der Waals surface area contributed by atoms with Crippen molar-refractivity contribution in [3.8, 4) is 0 Å². The van der Waals surface area contributed by atoms with Crippen molar-refractivity contribution in [2.45, 2.75) is 23.8 Å². The maximum absolute atomic E-state index is 12.3. The van der Waals surface area contributed by atoms with E-state index in [1.54, 1.807) is 0 Å². The van der Waals surface area contributed by atoms with Gasteiger partial charge in [0.25, 0.3) is 0 Å². The van der Waals surface area contributed by atoms with Crippen LogP contribution in [0.3, 0.4) is 0 Å². The summed E-state index contributed by atoms with van der Waals surface area (Å²) in [6.45, 7) is 0. The Hall–Kier alpha value is -2.18. The van der Waals surface area contributed by atoms with E-state index in [-0.39, 0.29) is 11.0 Å². The van der Waals surface area contributed by atoms with Crippen molar-refractivity contribution in [1.29, 1.82) is 0 Å². The molecule has 1 atom stereocenters. The van der Waals surface area contributed by atoms with Gasteiger partial charge in [-0.05, 0) is 48.2 Å². The summed E-state index contributed by atoms with van der Waals surface area (Å²) in [6.07, 6.45) is 1.44. The highest BCUT2D eigenvalue weighted by atomic mass is 32.2. The molecule has 0 aliphatic heterocycles. The van der Waals surface area contributed by atoms with Crippen LogP contribution in [0, 0.1) is 0 Å². The first-order chi connectivity index (χ1) is 11.4. The fraction of sp³-hybridized carbons (Fsp3) is 0.278. The second kappa shape index (κ2) is 6.37. The first-order valence-corrected chi connectivity index (χ1v) is 9.15. The predicted molar refractivity (Wildman–Crippen MR) is 90.2 cm³/mol. The summed E-state index contributed by atoms with van der Waals surface area (Å²) in [5.74, 6) is -0.439. The first kappa shape index (κ1) is 16.7. The zero-order chi connectivity index (χ0) is 17.3. The van der Waals surface area contributed by atoms with Crippen molar-refractivity contribution in [3.63, 3.8) is 0 Å². The van der Waals surface area contributed by atoms with Gasteiger partial charge in [-0.1, -0.05) is 24.3 Å². The molecule has 0 fully saturated rings. The second-order valence-corrected chi connectivity index (χ2v) is 8.10. The lowest BCUT2D eigenvalue weighted by Crippen LogP contribution is -2.22. The zero-order valence-electron chi connectivity index (χ0n) is 13.6. The predicted octanol–water partition coefficient (Wildman–Crippen LogP) is 2.78. The molecule has 0 spiro atoms. The van der Waals surface area contributed by atoms with Gasteiger partial charge in [0.2, 0.25) is 10.0 Å². The van der Waals surface area contributed by atoms with Gasteiger partial charge in [-0.15, -0.1) is 0 Å². The van der Waals surface area contributed by atoms with Crippen molar-refractivity contribution in [2.24, 2.45) is 0 Å². The van der Waals surface area contributed by atoms with Crippen LogP contribution >= 0.6 is 0 Å². The third kappa shape index (κ3) is 3.07. The Balaban J connectivity index is 1.75. The van der Waals surface area contributed by atoms with Gasteiger partial charge in [0, 0.05) is 14.1 Å². The lowest BCUT2D eigenvalue weighted by Gasteiger charge is -2.14. The quantitative estimate of drug-likeness (QED) is 0.800. The summed E-state index contributed by atoms with van der Waals surface area (Å²) in [5.41, 5.74) is 2.61. The number of aryl methyl sites for hydroxylation is 1. The number of carbonyl (C=O) groups is 1. The molecule has 0 N–H and O–H groups in total. The highest BCUT2D eigenvalue weighted by Gasteiger charge is 2.26. The molecule has 1 aliphatic rings. The third-order valence-corrected chi connectivity index (χ3v) is 6.03. The van der Waals surface area contributed by atoms with Crippen LogP contribution in [0.2, 0.25) is 0 Å². The Morgan fingerprint density at radius 3 is 2.42 bits per heavy atom. The molecule has 2 aromatic rings. The lowest BCUT2D eigenvalue weighted by atomic mass is 10.1. The zero-order valence-corrected chi connectivity index (χ0v) is 14.4. The number of rotatable bonds is 4. The molecule has 0 heterocycles. The number of hydrogen-bond acceptors (Lipinski definition) is 4. The molecule has 1 aliphatic carbocycles. The topological polar surface area (TPSA) is 63.7 Å². The summed E-state index contributed by atoms with van der Waals surface area (Å²) in [5, 5.41) is 0. The Labute approximate surface area is 141 Å². The number of esters is 1. The molecule has 24 heavy (non-hydrogen) atoms. The molecule has 0 amide bonds. The summed E-state index contributed by atoms with van der Waals surface area (Å²) in [6, 6.07) is 13.8. The molecule has 126 valence electrons. The Kier molecular flexibility index (Phi) is 4.43. The minimum absolute atomic E-state index is 0.148. The van der Waals surface area contributed by atoms with E-state index in [4.69, 9.17) is 4.74 Å². The van der Waals surface area contributed by atoms with Crippen LogP contribution < -0.4 is 0 Å². The van der Waals surface area contributed by atoms with Gasteiger partial charge in [-0.2, -0.15) is 0 Å². The van der Waals surface area contributed by atoms with Crippen LogP contribution in [0.25, 0.3) is 0 Å². The lowest BCUT2D eigenvalue weighted by molar-refractivity contribution is 0.0301. The number of carbonyl (C=O) groups excluding carboxylic acids is 1. The maximum Gasteiger partial charge on any atom is 0.338 e. The van der Waals surface area contributed by atoms with Gasteiger partial charge in [0.15, 0.2) is 0 Å². The van der Waals surface area contributed by atoms with Crippen LogP contribution in [0.15, 0.2) is 53.4 Å². The monoisotopic (exact) mass is 345 g/mol. The number of ether oxygens (including phenoxy) is 1. The van der Waals surface area contributed by atoms with Gasteiger partial charge < -0.3 is 4.74 Å². The molecule has 0 saturated carbocycles. The summed E-state index contributed by atoms with van der Waals surface area (Å²) in [7, 11) is -0.566. The fourth-order valence-electron chi connectivity index (χ4n) is 2.81. The highest BCUT2D eigenvalue weighted by Crippen LogP contribution is 2.34. The summed E-state index contributed by atoms with van der Waals surface area (Å²) >= 11 is 0. The third-order valence-electron chi connectivity index (χ3n) is 4.20. The van der Waals surface area contributed by atoms with E-state index in [2.05, 4.69) is 0 Å². The van der Waals surface area contributed by atoms with Crippen molar-refractivity contribution in [1.82, 2.24) is 4.31 Å². The number of sulfonamides is 1. The normalized spacial score (nSPS) is 16.9. The molecule has 0 saturated heterocycles. The number of fused-ring (bicyclic) bond motifs is 1. The van der Waals surface area contributed by atoms with E-state index in [1.807, 2.05) is 24.3 Å². The largest absolute Gasteiger partial charge is 0.454 e. The smallest absolute Gasteiger partial charge is 0.338 e. The van der Waals surface area contributed by atoms with Crippen molar-refractivity contribution in [2.75, 3.05) is 14.1 Å². The first-order valence-electron chi connectivity index (χ1n) is 7.71. The van der Waals surface area contributed by atoms with Crippen LogP contribution in [0.4, 0.5) is 0 Å². The van der Waals surface area contributed by atoms with Crippen LogP contribution in [0.5, 0.6) is 0 Å². The van der Waals surface area contributed by atoms with Crippen LogP contribution in [-0.2, 0) is 21.2 Å². The Morgan fingerprint density at radius 1 is 1.08 bits per heavy atom. The average molecular weight is 345 g/mol. The molecule has 0 aromatic heterocycles. The van der Waals surface area contributed by atoms with E-state index in [1.165, 1.54) is 43.9 Å². The molecule has 0 bridgehead atoms. The van der Waals surface area contributed by atoms with Gasteiger partial charge >= 0.3 is 5.97 Å². The minimum atomic E-state index is -3.50. The van der Waals surface area contributed by atoms with Gasteiger partial charge in [0.1, 0.15) is 6.10 Å². The molecule has 6 heteroatoms. The van der Waals surface area contributed by atoms with Gasteiger partial charge in [-0.25, -0.2) is 17.5 Å². The standard InChI is InChI=1S/C18H19NO4S/c1-19(2)24(21,22)15-10-7-14(8-11-15)18(20)23-17-12-9-13-5-3-4-6-16(13)17/h3-8,10-11,17H,9,12H2,1-2H3/t17-/m0/s1. The summed E-state index contributed by atoms with van der Waals surface area (Å²) < 4.78 is 30.8. The van der Waals surface area contributed by atoms with E-state index in [0.717, 1.165) is 22.7 Å². The van der Waals surface area contributed by atoms with E-state index < -0.39 is 16.0 Å². The molecular weight excluding hydrogens is 326 g/mol. The van der Waals surface area contributed by atoms with Crippen molar-refractivity contribution < 1.29 is 17.9 Å². The Bertz CT molecular complexity index is 857. The van der Waals surface area contributed by atoms with Crippen LogP contribution in [0.1, 0.15) is 34.0 Å². The molecule has 3 rings (SSSR count). The Morgan fingerprint density at radius 2 is 1.75 bits per heavy atom. The number of hydrogen-bond donors (Lipinski definition) is 0. The summed E-state index contributed by atoms with van der Waals surface area (Å²) in [4.78, 5) is 12.5. The average Bonchev–Trinajstić information content (AvgIpc) is 2.98. The van der Waals surface area contributed by atoms with E-state index in [9.17, 15) is 13.2 Å². The molecule has 2 aromatic carbocycles. The van der Waals surface area contributed by atoms with Crippen LogP contribution in [-0.4, -0.2) is 32.8 Å². The van der Waals surface area contributed by atoms with Crippen molar-refractivity contribution >= 4 is 16.0 Å². The second-order valence-electron chi connectivity index (χ2n) is 5.94. The molecule has 0 radical (unpaired) electrons.